The molecule has 0 saturated carbocycles. The molecule has 2 rings (SSSR count). The van der Waals surface area contributed by atoms with Crippen LogP contribution in [0.15, 0.2) is 28.3 Å². The van der Waals surface area contributed by atoms with Gasteiger partial charge in [-0.2, -0.15) is 8.75 Å². The number of nitrogens with zero attached hydrogens (tertiary/aromatic N) is 4. The van der Waals surface area contributed by atoms with Crippen molar-refractivity contribution < 1.29 is 13.6 Å². The number of aromatic nitrogens is 2. The highest BCUT2D eigenvalue weighted by Gasteiger charge is 2.26. The van der Waals surface area contributed by atoms with Crippen LogP contribution in [0, 0.1) is 5.92 Å². The number of hydrogen-bond acceptors (Lipinski definition) is 7. The van der Waals surface area contributed by atoms with Crippen molar-refractivity contribution in [2.24, 2.45) is 16.8 Å². The molecule has 0 saturated heterocycles. The first kappa shape index (κ1) is 15.6. The van der Waals surface area contributed by atoms with E-state index < -0.39 is 15.9 Å². The largest absolute Gasteiger partial charge is 0.409 e. The summed E-state index contributed by atoms with van der Waals surface area (Å²) in [6.45, 7) is 1.76. The van der Waals surface area contributed by atoms with Crippen molar-refractivity contribution in [2.75, 3.05) is 13.6 Å². The molecular formula is C11H15N5O3S2. The summed E-state index contributed by atoms with van der Waals surface area (Å²) in [5.74, 6) is -0.437. The summed E-state index contributed by atoms with van der Waals surface area (Å²) in [5, 5.41) is 11.5. The van der Waals surface area contributed by atoms with Crippen molar-refractivity contribution in [1.29, 1.82) is 0 Å². The number of sulfonamides is 1. The molecule has 3 N–H and O–H groups in total. The maximum absolute atomic E-state index is 12.6. The van der Waals surface area contributed by atoms with Gasteiger partial charge in [-0.05, 0) is 12.1 Å². The van der Waals surface area contributed by atoms with E-state index in [1.807, 2.05) is 0 Å². The summed E-state index contributed by atoms with van der Waals surface area (Å²) in [4.78, 5) is 0.1000. The van der Waals surface area contributed by atoms with Crippen LogP contribution >= 0.6 is 11.7 Å². The molecule has 0 aliphatic rings. The first-order chi connectivity index (χ1) is 9.87. The van der Waals surface area contributed by atoms with Gasteiger partial charge in [0.2, 0.25) is 10.0 Å². The van der Waals surface area contributed by atoms with Crippen LogP contribution in [-0.4, -0.2) is 46.1 Å². The van der Waals surface area contributed by atoms with Crippen LogP contribution in [0.4, 0.5) is 0 Å². The average Bonchev–Trinajstić information content (AvgIpc) is 2.94. The van der Waals surface area contributed by atoms with Crippen molar-refractivity contribution in [2.45, 2.75) is 11.8 Å². The van der Waals surface area contributed by atoms with Crippen LogP contribution in [-0.2, 0) is 10.0 Å². The average molecular weight is 329 g/mol. The minimum atomic E-state index is -3.73. The lowest BCUT2D eigenvalue weighted by molar-refractivity contribution is 0.312. The molecule has 1 unspecified atom stereocenters. The second-order valence-electron chi connectivity index (χ2n) is 4.60. The van der Waals surface area contributed by atoms with Gasteiger partial charge in [-0.15, -0.1) is 0 Å². The second kappa shape index (κ2) is 5.92. The van der Waals surface area contributed by atoms with Crippen molar-refractivity contribution in [3.05, 3.63) is 18.2 Å². The van der Waals surface area contributed by atoms with Crippen LogP contribution in [0.5, 0.6) is 0 Å². The first-order valence-corrected chi connectivity index (χ1v) is 8.20. The molecule has 0 aliphatic carbocycles. The van der Waals surface area contributed by atoms with E-state index in [-0.39, 0.29) is 17.3 Å². The van der Waals surface area contributed by atoms with Crippen molar-refractivity contribution in [3.8, 4) is 0 Å². The van der Waals surface area contributed by atoms with Crippen LogP contribution in [0.2, 0.25) is 0 Å². The quantitative estimate of drug-likeness (QED) is 0.360. The highest BCUT2D eigenvalue weighted by Crippen LogP contribution is 2.24. The van der Waals surface area contributed by atoms with Gasteiger partial charge >= 0.3 is 0 Å². The molecule has 0 aliphatic heterocycles. The Morgan fingerprint density at radius 2 is 2.24 bits per heavy atom. The molecule has 0 fully saturated rings. The SMILES string of the molecule is CC(CN(C)S(=O)(=O)c1cccc2nsnc12)C(N)=NO. The Morgan fingerprint density at radius 3 is 2.90 bits per heavy atom. The fourth-order valence-corrected chi connectivity index (χ4v) is 3.84. The van der Waals surface area contributed by atoms with Gasteiger partial charge in [0.15, 0.2) is 0 Å². The van der Waals surface area contributed by atoms with Crippen molar-refractivity contribution in [1.82, 2.24) is 13.1 Å². The molecule has 8 nitrogen and oxygen atoms in total. The van der Waals surface area contributed by atoms with Gasteiger partial charge in [-0.25, -0.2) is 12.7 Å². The monoisotopic (exact) mass is 329 g/mol. The van der Waals surface area contributed by atoms with Crippen LogP contribution in [0.1, 0.15) is 6.92 Å². The maximum atomic E-state index is 12.6. The number of rotatable bonds is 5. The van der Waals surface area contributed by atoms with E-state index in [1.165, 1.54) is 13.1 Å². The molecular weight excluding hydrogens is 314 g/mol. The maximum Gasteiger partial charge on any atom is 0.245 e. The topological polar surface area (TPSA) is 122 Å². The van der Waals surface area contributed by atoms with Gasteiger partial charge in [0.25, 0.3) is 0 Å². The van der Waals surface area contributed by atoms with Gasteiger partial charge in [-0.3, -0.25) is 0 Å². The molecule has 1 heterocycles. The van der Waals surface area contributed by atoms with Gasteiger partial charge in [0, 0.05) is 19.5 Å². The highest BCUT2D eigenvalue weighted by atomic mass is 32.2. The summed E-state index contributed by atoms with van der Waals surface area (Å²) >= 11 is 0.962. The van der Waals surface area contributed by atoms with E-state index in [9.17, 15) is 8.42 Å². The van der Waals surface area contributed by atoms with E-state index in [4.69, 9.17) is 10.9 Å². The fourth-order valence-electron chi connectivity index (χ4n) is 1.83. The zero-order valence-electron chi connectivity index (χ0n) is 11.5. The predicted octanol–water partition coefficient (Wildman–Crippen LogP) is 0.694. The predicted molar refractivity (Wildman–Crippen MR) is 79.8 cm³/mol. The third-order valence-corrected chi connectivity index (χ3v) is 5.49. The molecule has 0 spiro atoms. The fraction of sp³-hybridized carbons (Fsp3) is 0.364. The minimum absolute atomic E-state index is 0.0226. The molecule has 10 heteroatoms. The first-order valence-electron chi connectivity index (χ1n) is 6.03. The Hall–Kier alpha value is -1.78. The number of oxime groups is 1. The lowest BCUT2D eigenvalue weighted by atomic mass is 10.2. The molecule has 1 aromatic heterocycles. The Balaban J connectivity index is 2.36. The molecule has 0 radical (unpaired) electrons. The lowest BCUT2D eigenvalue weighted by Crippen LogP contribution is -2.36. The van der Waals surface area contributed by atoms with Gasteiger partial charge in [0.1, 0.15) is 21.8 Å². The van der Waals surface area contributed by atoms with Gasteiger partial charge in [-0.1, -0.05) is 18.1 Å². The third-order valence-electron chi connectivity index (χ3n) is 3.09. The Labute approximate surface area is 126 Å². The molecule has 0 amide bonds. The number of fused-ring (bicyclic) bond motifs is 1. The van der Waals surface area contributed by atoms with E-state index in [2.05, 4.69) is 13.9 Å². The minimum Gasteiger partial charge on any atom is -0.409 e. The van der Waals surface area contributed by atoms with Gasteiger partial charge in [0.05, 0.1) is 11.7 Å². The molecule has 114 valence electrons. The lowest BCUT2D eigenvalue weighted by Gasteiger charge is -2.20. The Bertz CT molecular complexity index is 771. The van der Waals surface area contributed by atoms with E-state index in [0.717, 1.165) is 16.0 Å². The summed E-state index contributed by atoms with van der Waals surface area (Å²) in [6, 6.07) is 4.82. The van der Waals surface area contributed by atoms with E-state index in [0.29, 0.717) is 11.0 Å². The van der Waals surface area contributed by atoms with Crippen LogP contribution < -0.4 is 5.73 Å². The zero-order chi connectivity index (χ0) is 15.6. The zero-order valence-corrected chi connectivity index (χ0v) is 13.1. The highest BCUT2D eigenvalue weighted by molar-refractivity contribution is 7.89. The Kier molecular flexibility index (Phi) is 4.40. The smallest absolute Gasteiger partial charge is 0.245 e. The van der Waals surface area contributed by atoms with Crippen molar-refractivity contribution in [3.63, 3.8) is 0 Å². The summed E-state index contributed by atoms with van der Waals surface area (Å²) in [5.41, 5.74) is 6.37. The number of benzene rings is 1. The third kappa shape index (κ3) is 2.96. The van der Waals surface area contributed by atoms with Crippen molar-refractivity contribution >= 4 is 38.6 Å². The summed E-state index contributed by atoms with van der Waals surface area (Å²) in [7, 11) is -2.29. The molecule has 1 atom stereocenters. The normalized spacial score (nSPS) is 14.7. The number of amidine groups is 1. The molecule has 21 heavy (non-hydrogen) atoms. The standard InChI is InChI=1S/C11H15N5O3S2/c1-7(11(12)13-17)6-16(2)21(18,19)9-5-3-4-8-10(9)15-20-14-8/h3-5,7,17H,6H2,1-2H3,(H2,12,13). The Morgan fingerprint density at radius 1 is 1.52 bits per heavy atom. The van der Waals surface area contributed by atoms with Crippen LogP contribution in [0.3, 0.4) is 0 Å². The van der Waals surface area contributed by atoms with E-state index >= 15 is 0 Å². The number of nitrogens with two attached hydrogens (primary N) is 1. The van der Waals surface area contributed by atoms with Crippen LogP contribution in [0.25, 0.3) is 11.0 Å². The summed E-state index contributed by atoms with van der Waals surface area (Å²) < 4.78 is 34.4. The molecule has 2 aromatic rings. The van der Waals surface area contributed by atoms with Gasteiger partial charge < -0.3 is 10.9 Å². The number of hydrogen-bond donors (Lipinski definition) is 2. The summed E-state index contributed by atoms with van der Waals surface area (Å²) in [6.07, 6.45) is 0. The molecule has 1 aromatic carbocycles. The van der Waals surface area contributed by atoms with E-state index in [1.54, 1.807) is 19.1 Å². The second-order valence-corrected chi connectivity index (χ2v) is 7.14. The molecule has 0 bridgehead atoms.